The van der Waals surface area contributed by atoms with Crippen LogP contribution in [0.3, 0.4) is 0 Å². The predicted octanol–water partition coefficient (Wildman–Crippen LogP) is 2.82. The Hall–Kier alpha value is -2.15. The van der Waals surface area contributed by atoms with Gasteiger partial charge in [0.2, 0.25) is 0 Å². The number of ether oxygens (including phenoxy) is 11. The molecule has 6 aliphatic rings. The van der Waals surface area contributed by atoms with Crippen molar-refractivity contribution in [2.75, 3.05) is 0 Å². The third kappa shape index (κ3) is 14.7. The number of rotatable bonds is 12. The molecule has 20 nitrogen and oxygen atoms in total. The summed E-state index contributed by atoms with van der Waals surface area (Å²) < 4.78 is 66.6. The Morgan fingerprint density at radius 2 is 1.09 bits per heavy atom. The Morgan fingerprint density at radius 1 is 0.544 bits per heavy atom. The molecular formula is C48H82O20. The summed E-state index contributed by atoms with van der Waals surface area (Å²) in [5, 5.41) is 68.8. The summed E-state index contributed by atoms with van der Waals surface area (Å²) in [5.74, 6) is -3.20. The second kappa shape index (κ2) is 26.5. The lowest BCUT2D eigenvalue weighted by Crippen LogP contribution is -2.67. The van der Waals surface area contributed by atoms with E-state index in [1.807, 2.05) is 0 Å². The molecule has 6 fully saturated rings. The fraction of sp³-hybridized carbons (Fsp3) is 0.938. The molecule has 0 aromatic carbocycles. The van der Waals surface area contributed by atoms with Crippen LogP contribution in [0.5, 0.6) is 0 Å². The van der Waals surface area contributed by atoms with E-state index in [0.717, 1.165) is 70.6 Å². The van der Waals surface area contributed by atoms with E-state index >= 15 is 0 Å². The summed E-state index contributed by atoms with van der Waals surface area (Å²) in [6.45, 7) is 14.8. The van der Waals surface area contributed by atoms with Crippen LogP contribution in [0, 0.1) is 11.8 Å². The van der Waals surface area contributed by atoms with Crippen LogP contribution in [-0.4, -0.2) is 177 Å². The van der Waals surface area contributed by atoms with Gasteiger partial charge in [0.05, 0.1) is 42.4 Å². The minimum absolute atomic E-state index is 0.0277. The predicted molar refractivity (Wildman–Crippen MR) is 238 cm³/mol. The molecule has 0 spiro atoms. The van der Waals surface area contributed by atoms with Gasteiger partial charge in [0.15, 0.2) is 43.5 Å². The maximum Gasteiger partial charge on any atom is 0.308 e. The van der Waals surface area contributed by atoms with E-state index in [0.29, 0.717) is 6.42 Å². The first-order valence-corrected chi connectivity index (χ1v) is 25.2. The third-order valence-electron chi connectivity index (χ3n) is 13.5. The van der Waals surface area contributed by atoms with Crippen LogP contribution in [0.25, 0.3) is 0 Å². The molecule has 20 heteroatoms. The summed E-state index contributed by atoms with van der Waals surface area (Å²) >= 11 is 0. The molecule has 394 valence electrons. The van der Waals surface area contributed by atoms with Gasteiger partial charge < -0.3 is 82.7 Å². The lowest BCUT2D eigenvalue weighted by molar-refractivity contribution is -0.383. The molecule has 0 aliphatic carbocycles. The van der Waals surface area contributed by atoms with Gasteiger partial charge in [-0.15, -0.1) is 0 Å². The maximum absolute atomic E-state index is 13.6. The van der Waals surface area contributed by atoms with Crippen molar-refractivity contribution >= 4 is 17.9 Å². The van der Waals surface area contributed by atoms with E-state index in [1.54, 1.807) is 41.5 Å². The lowest BCUT2D eigenvalue weighted by atomic mass is 9.95. The molecule has 0 amide bonds. The molecule has 4 bridgehead atoms. The van der Waals surface area contributed by atoms with Crippen molar-refractivity contribution in [3.63, 3.8) is 0 Å². The Morgan fingerprint density at radius 3 is 1.74 bits per heavy atom. The van der Waals surface area contributed by atoms with E-state index in [4.69, 9.17) is 52.1 Å². The summed E-state index contributed by atoms with van der Waals surface area (Å²) in [5.41, 5.74) is 0. The average molecular weight is 979 g/mol. The lowest BCUT2D eigenvalue weighted by Gasteiger charge is -2.49. The van der Waals surface area contributed by atoms with Crippen molar-refractivity contribution in [3.8, 4) is 0 Å². The van der Waals surface area contributed by atoms with Crippen LogP contribution in [0.15, 0.2) is 0 Å². The van der Waals surface area contributed by atoms with Gasteiger partial charge >= 0.3 is 17.9 Å². The van der Waals surface area contributed by atoms with Crippen molar-refractivity contribution in [1.29, 1.82) is 0 Å². The summed E-state index contributed by atoms with van der Waals surface area (Å²) in [6, 6.07) is 0. The smallest absolute Gasteiger partial charge is 0.308 e. The van der Waals surface area contributed by atoms with Gasteiger partial charge in [0.25, 0.3) is 0 Å². The van der Waals surface area contributed by atoms with E-state index in [2.05, 4.69) is 6.92 Å². The van der Waals surface area contributed by atoms with Gasteiger partial charge in [-0.2, -0.15) is 0 Å². The highest BCUT2D eigenvalue weighted by molar-refractivity contribution is 5.72. The zero-order valence-corrected chi connectivity index (χ0v) is 41.4. The Kier molecular flexibility index (Phi) is 22.1. The molecule has 6 heterocycles. The minimum atomic E-state index is -1.76. The largest absolute Gasteiger partial charge is 0.457 e. The summed E-state index contributed by atoms with van der Waals surface area (Å²) in [7, 11) is 0. The van der Waals surface area contributed by atoms with E-state index in [9.17, 15) is 45.0 Å². The molecule has 6 saturated heterocycles. The van der Waals surface area contributed by atoms with E-state index < -0.39 is 153 Å². The molecule has 6 aliphatic heterocycles. The van der Waals surface area contributed by atoms with Crippen LogP contribution < -0.4 is 0 Å². The fourth-order valence-corrected chi connectivity index (χ4v) is 9.26. The molecule has 68 heavy (non-hydrogen) atoms. The van der Waals surface area contributed by atoms with Crippen LogP contribution in [0.2, 0.25) is 0 Å². The van der Waals surface area contributed by atoms with Gasteiger partial charge in [-0.1, -0.05) is 92.4 Å². The standard InChI is InChI=1S/C48H82O20/c1-10-11-17-20-29-21-18-15-13-12-14-16-19-22-30(49)63-41-36(55)47(66-38-26(7)58-45(62-29)33(52)32(38)51)60-28(9)40(41)68-48-42(65-44(57)24(4)5)35(54)39(27(8)61-48)67-46-34(53)31(50)37(25(6)59-46)64-43(56)23(2)3/h23-29,31-42,45-48,50-55H,10-22H2,1-9H3. The summed E-state index contributed by atoms with van der Waals surface area (Å²) in [6.07, 6.45) is -17.5. The highest BCUT2D eigenvalue weighted by atomic mass is 16.8. The summed E-state index contributed by atoms with van der Waals surface area (Å²) in [4.78, 5) is 39.1. The first kappa shape index (κ1) is 56.8. The SMILES string of the molecule is CCCCCC1CCCCCCCCCC(=O)OC2C(O)C(OC(C)C2OC2OC(C)C(OC3OC(C)C(OC(=O)C(C)C)C(O)C3O)C(O)C2OC(=O)C(C)C)OC2C(C)OC(O1)C(O)C2O. The molecule has 6 N–H and O–H groups in total. The highest BCUT2D eigenvalue weighted by Gasteiger charge is 2.56. The molecule has 6 rings (SSSR count). The van der Waals surface area contributed by atoms with E-state index in [-0.39, 0.29) is 12.5 Å². The zero-order valence-electron chi connectivity index (χ0n) is 41.4. The highest BCUT2D eigenvalue weighted by Crippen LogP contribution is 2.37. The van der Waals surface area contributed by atoms with Crippen molar-refractivity contribution in [2.24, 2.45) is 11.8 Å². The van der Waals surface area contributed by atoms with Gasteiger partial charge in [-0.3, -0.25) is 14.4 Å². The van der Waals surface area contributed by atoms with Gasteiger partial charge in [-0.25, -0.2) is 0 Å². The van der Waals surface area contributed by atoms with Crippen LogP contribution in [0.1, 0.15) is 146 Å². The van der Waals surface area contributed by atoms with Crippen LogP contribution in [-0.2, 0) is 66.5 Å². The number of carbonyl (C=O) groups is 3. The first-order valence-electron chi connectivity index (χ1n) is 25.2. The quantitative estimate of drug-likeness (QED) is 0.0932. The van der Waals surface area contributed by atoms with Gasteiger partial charge in [-0.05, 0) is 47.0 Å². The molecule has 0 saturated carbocycles. The fourth-order valence-electron chi connectivity index (χ4n) is 9.26. The Balaban J connectivity index is 1.37. The molecule has 0 radical (unpaired) electrons. The average Bonchev–Trinajstić information content (AvgIpc) is 3.28. The number of unbranched alkanes of at least 4 members (excludes halogenated alkanes) is 2. The number of fused-ring (bicyclic) bond motifs is 14. The number of carbonyl (C=O) groups excluding carboxylic acids is 3. The van der Waals surface area contributed by atoms with Crippen molar-refractivity contribution in [1.82, 2.24) is 0 Å². The van der Waals surface area contributed by atoms with Gasteiger partial charge in [0.1, 0.15) is 54.9 Å². The van der Waals surface area contributed by atoms with E-state index in [1.165, 1.54) is 13.8 Å². The molecule has 0 aromatic heterocycles. The molecule has 21 atom stereocenters. The van der Waals surface area contributed by atoms with Crippen molar-refractivity contribution < 1.29 is 97.1 Å². The molecule has 0 aromatic rings. The van der Waals surface area contributed by atoms with Crippen molar-refractivity contribution in [2.45, 2.75) is 275 Å². The maximum atomic E-state index is 13.6. The normalized spacial score (nSPS) is 42.8. The van der Waals surface area contributed by atoms with Crippen LogP contribution >= 0.6 is 0 Å². The second-order valence-electron chi connectivity index (χ2n) is 19.9. The topological polar surface area (TPSA) is 274 Å². The zero-order chi connectivity index (χ0) is 50.0. The number of aliphatic hydroxyl groups excluding tert-OH is 6. The molecule has 21 unspecified atom stereocenters. The number of esters is 3. The number of hydrogen-bond acceptors (Lipinski definition) is 20. The Bertz CT molecular complexity index is 1550. The monoisotopic (exact) mass is 979 g/mol. The van der Waals surface area contributed by atoms with Gasteiger partial charge in [0, 0.05) is 6.42 Å². The first-order chi connectivity index (χ1) is 32.2. The number of hydrogen-bond donors (Lipinski definition) is 6. The Labute approximate surface area is 400 Å². The minimum Gasteiger partial charge on any atom is -0.457 e. The van der Waals surface area contributed by atoms with Crippen molar-refractivity contribution in [3.05, 3.63) is 0 Å². The third-order valence-corrected chi connectivity index (χ3v) is 13.5. The second-order valence-corrected chi connectivity index (χ2v) is 19.9. The van der Waals surface area contributed by atoms with Crippen LogP contribution in [0.4, 0.5) is 0 Å². The molecular weight excluding hydrogens is 897 g/mol. The number of aliphatic hydroxyl groups is 6.